The molecule has 0 amide bonds. The topological polar surface area (TPSA) is 76.4 Å². The number of thiazole rings is 1. The summed E-state index contributed by atoms with van der Waals surface area (Å²) in [5, 5.41) is 7.73. The molecule has 0 unspecified atom stereocenters. The van der Waals surface area contributed by atoms with Crippen LogP contribution in [-0.4, -0.2) is 54.0 Å². The highest BCUT2D eigenvalue weighted by Crippen LogP contribution is 2.39. The number of likely N-dealkylation sites (tertiary alicyclic amines) is 1. The third-order valence-electron chi connectivity index (χ3n) is 7.44. The maximum Gasteiger partial charge on any atom is 0.416 e. The van der Waals surface area contributed by atoms with E-state index < -0.39 is 53.6 Å². The van der Waals surface area contributed by atoms with Crippen molar-refractivity contribution in [2.24, 2.45) is 16.1 Å². The number of benzene rings is 2. The Morgan fingerprint density at radius 2 is 1.71 bits per heavy atom. The number of carbonyl (C=O) groups excluding carboxylic acids is 1. The first-order chi connectivity index (χ1) is 21.3. The molecule has 0 saturated carbocycles. The summed E-state index contributed by atoms with van der Waals surface area (Å²) < 4.78 is 120. The van der Waals surface area contributed by atoms with Gasteiger partial charge in [0.05, 0.1) is 34.9 Å². The number of halogens is 8. The lowest BCUT2D eigenvalue weighted by atomic mass is 9.96. The summed E-state index contributed by atoms with van der Waals surface area (Å²) in [6, 6.07) is 5.19. The van der Waals surface area contributed by atoms with Crippen molar-refractivity contribution >= 4 is 29.0 Å². The first kappa shape index (κ1) is 32.5. The van der Waals surface area contributed by atoms with Crippen molar-refractivity contribution < 1.29 is 49.4 Å². The summed E-state index contributed by atoms with van der Waals surface area (Å²) in [6.45, 7) is -0.0766. The van der Waals surface area contributed by atoms with E-state index in [1.807, 2.05) is 0 Å². The summed E-state index contributed by atoms with van der Waals surface area (Å²) in [6.07, 6.45) is -8.67. The van der Waals surface area contributed by atoms with Crippen LogP contribution in [0.4, 0.5) is 35.1 Å². The van der Waals surface area contributed by atoms with Crippen LogP contribution >= 0.6 is 11.3 Å². The molecule has 45 heavy (non-hydrogen) atoms. The van der Waals surface area contributed by atoms with Gasteiger partial charge in [0.1, 0.15) is 17.3 Å². The molecule has 0 aliphatic carbocycles. The number of hydrogen-bond acceptors (Lipinski definition) is 8. The van der Waals surface area contributed by atoms with Crippen LogP contribution in [0.1, 0.15) is 41.0 Å². The van der Waals surface area contributed by atoms with E-state index in [1.165, 1.54) is 12.1 Å². The number of aldehydes is 1. The number of alkyl halides is 6. The number of methoxy groups -OCH3 is 1. The molecule has 1 saturated heterocycles. The maximum absolute atomic E-state index is 15.5. The molecular formula is C29H24F8N4O3S. The molecule has 0 N–H and O–H groups in total. The molecule has 5 rings (SSSR count). The molecule has 16 heteroatoms. The molecule has 0 spiro atoms. The second kappa shape index (κ2) is 12.8. The van der Waals surface area contributed by atoms with Crippen molar-refractivity contribution in [3.05, 3.63) is 63.7 Å². The Morgan fingerprint density at radius 3 is 2.29 bits per heavy atom. The standard InChI is InChI=1S/C29H24F8N4O3S/c1-43-25-19(21-10-18(13-42)39-40-21)11-20(30)26(24(25)31)44-14-23-22(12-41-8-6-17(7-9-41)29(35,36)37)38-27(45-23)15-2-4-16(5-3-15)28(32,33)34/h2-5,11,13,17H,6-10,12,14H2,1H3. The number of piperidine rings is 1. The molecule has 2 aliphatic heterocycles. The number of hydrogen-bond donors (Lipinski definition) is 0. The van der Waals surface area contributed by atoms with Crippen LogP contribution < -0.4 is 9.47 Å². The van der Waals surface area contributed by atoms with E-state index in [0.717, 1.165) is 36.6 Å². The minimum absolute atomic E-state index is 0.0594. The highest BCUT2D eigenvalue weighted by atomic mass is 32.1. The maximum atomic E-state index is 15.5. The van der Waals surface area contributed by atoms with E-state index in [0.29, 0.717) is 27.4 Å². The third kappa shape index (κ3) is 7.16. The molecule has 7 nitrogen and oxygen atoms in total. The lowest BCUT2D eigenvalue weighted by Crippen LogP contribution is -2.38. The van der Waals surface area contributed by atoms with E-state index in [2.05, 4.69) is 15.2 Å². The Hall–Kier alpha value is -3.92. The zero-order chi connectivity index (χ0) is 32.5. The second-order valence-electron chi connectivity index (χ2n) is 10.4. The van der Waals surface area contributed by atoms with Crippen LogP contribution in [-0.2, 0) is 24.1 Å². The van der Waals surface area contributed by atoms with Gasteiger partial charge < -0.3 is 9.47 Å². The van der Waals surface area contributed by atoms with Gasteiger partial charge in [0.2, 0.25) is 5.82 Å². The van der Waals surface area contributed by atoms with Crippen molar-refractivity contribution in [2.75, 3.05) is 20.2 Å². The smallest absolute Gasteiger partial charge is 0.416 e. The summed E-state index contributed by atoms with van der Waals surface area (Å²) >= 11 is 1.02. The van der Waals surface area contributed by atoms with E-state index in [4.69, 9.17) is 9.47 Å². The Morgan fingerprint density at radius 1 is 1.02 bits per heavy atom. The molecule has 0 bridgehead atoms. The third-order valence-corrected chi connectivity index (χ3v) is 8.56. The first-order valence-corrected chi connectivity index (χ1v) is 14.3. The monoisotopic (exact) mass is 660 g/mol. The van der Waals surface area contributed by atoms with Crippen LogP contribution in [0.25, 0.3) is 10.6 Å². The van der Waals surface area contributed by atoms with Crippen molar-refractivity contribution in [3.63, 3.8) is 0 Å². The van der Waals surface area contributed by atoms with Gasteiger partial charge in [-0.25, -0.2) is 9.37 Å². The molecule has 0 radical (unpaired) electrons. The van der Waals surface area contributed by atoms with E-state index in [1.54, 1.807) is 4.90 Å². The van der Waals surface area contributed by atoms with Gasteiger partial charge in [-0.15, -0.1) is 11.3 Å². The van der Waals surface area contributed by atoms with Crippen molar-refractivity contribution in [1.29, 1.82) is 0 Å². The lowest BCUT2D eigenvalue weighted by molar-refractivity contribution is -0.185. The Balaban J connectivity index is 1.41. The van der Waals surface area contributed by atoms with Crippen LogP contribution in [0.2, 0.25) is 0 Å². The van der Waals surface area contributed by atoms with Crippen molar-refractivity contribution in [1.82, 2.24) is 9.88 Å². The van der Waals surface area contributed by atoms with Crippen molar-refractivity contribution in [3.8, 4) is 22.1 Å². The predicted molar refractivity (Wildman–Crippen MR) is 149 cm³/mol. The Bertz CT molecular complexity index is 1630. The average Bonchev–Trinajstić information content (AvgIpc) is 3.64. The second-order valence-corrected chi connectivity index (χ2v) is 11.4. The summed E-state index contributed by atoms with van der Waals surface area (Å²) in [5.74, 6) is -4.89. The van der Waals surface area contributed by atoms with E-state index in [9.17, 15) is 31.1 Å². The van der Waals surface area contributed by atoms with Gasteiger partial charge in [0, 0.05) is 24.1 Å². The number of aromatic nitrogens is 1. The minimum atomic E-state index is -4.55. The molecule has 3 aromatic rings. The van der Waals surface area contributed by atoms with Gasteiger partial charge in [-0.3, -0.25) is 9.69 Å². The van der Waals surface area contributed by atoms with Gasteiger partial charge in [0.25, 0.3) is 0 Å². The van der Waals surface area contributed by atoms with Gasteiger partial charge in [-0.05, 0) is 44.1 Å². The largest absolute Gasteiger partial charge is 0.493 e. The highest BCUT2D eigenvalue weighted by Gasteiger charge is 2.41. The molecule has 3 heterocycles. The number of carbonyl (C=O) groups is 1. The van der Waals surface area contributed by atoms with E-state index in [-0.39, 0.29) is 55.9 Å². The average molecular weight is 661 g/mol. The van der Waals surface area contributed by atoms with Crippen LogP contribution in [0.3, 0.4) is 0 Å². The summed E-state index contributed by atoms with van der Waals surface area (Å²) in [5.41, 5.74) is -0.0563. The van der Waals surface area contributed by atoms with Gasteiger partial charge in [-0.1, -0.05) is 12.1 Å². The van der Waals surface area contributed by atoms with E-state index >= 15 is 8.78 Å². The minimum Gasteiger partial charge on any atom is -0.493 e. The number of nitrogens with zero attached hydrogens (tertiary/aromatic N) is 4. The van der Waals surface area contributed by atoms with Gasteiger partial charge >= 0.3 is 12.4 Å². The quantitative estimate of drug-likeness (QED) is 0.179. The Labute approximate surface area is 255 Å². The molecule has 2 aliphatic rings. The molecule has 2 aromatic carbocycles. The molecule has 1 fully saturated rings. The molecule has 1 aromatic heterocycles. The van der Waals surface area contributed by atoms with Crippen LogP contribution in [0, 0.1) is 17.6 Å². The number of ether oxygens (including phenoxy) is 2. The fourth-order valence-corrected chi connectivity index (χ4v) is 6.01. The van der Waals surface area contributed by atoms with Gasteiger partial charge in [0.15, 0.2) is 23.6 Å². The zero-order valence-electron chi connectivity index (χ0n) is 23.4. The summed E-state index contributed by atoms with van der Waals surface area (Å²) in [4.78, 5) is 17.7. The Kier molecular flexibility index (Phi) is 9.26. The SMILES string of the molecule is COc1c(C2=NN=C(C=O)C2)cc(F)c(OCc2sc(-c3ccc(C(F)(F)F)cc3)nc2CN2CCC(C(F)(F)F)CC2)c1F. The molecule has 240 valence electrons. The van der Waals surface area contributed by atoms with Gasteiger partial charge in [-0.2, -0.15) is 40.9 Å². The van der Waals surface area contributed by atoms with Crippen LogP contribution in [0.5, 0.6) is 11.5 Å². The summed E-state index contributed by atoms with van der Waals surface area (Å²) in [7, 11) is 1.15. The highest BCUT2D eigenvalue weighted by molar-refractivity contribution is 7.15. The normalized spacial score (nSPS) is 16.5. The molecule has 0 atom stereocenters. The zero-order valence-corrected chi connectivity index (χ0v) is 24.3. The first-order valence-electron chi connectivity index (χ1n) is 13.5. The van der Waals surface area contributed by atoms with Crippen LogP contribution in [0.15, 0.2) is 40.5 Å². The predicted octanol–water partition coefficient (Wildman–Crippen LogP) is 7.22. The number of rotatable bonds is 9. The lowest BCUT2D eigenvalue weighted by Gasteiger charge is -2.32. The fourth-order valence-electron chi connectivity index (χ4n) is 5.02. The molecular weight excluding hydrogens is 636 g/mol. The van der Waals surface area contributed by atoms with Crippen molar-refractivity contribution in [2.45, 2.75) is 44.8 Å². The fraction of sp³-hybridized carbons (Fsp3) is 0.379.